The normalized spacial score (nSPS) is 14.5. The summed E-state index contributed by atoms with van der Waals surface area (Å²) in [6.45, 7) is 3.19. The zero-order chi connectivity index (χ0) is 13.9. The molecule has 20 heavy (non-hydrogen) atoms. The van der Waals surface area contributed by atoms with E-state index in [0.29, 0.717) is 12.6 Å². The van der Waals surface area contributed by atoms with Gasteiger partial charge in [0.1, 0.15) is 23.9 Å². The molecule has 0 amide bonds. The molecule has 0 unspecified atom stereocenters. The van der Waals surface area contributed by atoms with Crippen LogP contribution < -0.4 is 10.1 Å². The number of benzene rings is 1. The summed E-state index contributed by atoms with van der Waals surface area (Å²) in [4.78, 5) is 0. The first-order valence-corrected chi connectivity index (χ1v) is 7.28. The van der Waals surface area contributed by atoms with Crippen LogP contribution >= 0.6 is 11.6 Å². The lowest BCUT2D eigenvalue weighted by atomic mass is 10.2. The number of halogens is 1. The quantitative estimate of drug-likeness (QED) is 0.871. The van der Waals surface area contributed by atoms with Crippen LogP contribution in [-0.2, 0) is 13.2 Å². The summed E-state index contributed by atoms with van der Waals surface area (Å²) in [5.74, 6) is 2.61. The molecular weight excluding hydrogens is 274 g/mol. The molecule has 0 bridgehead atoms. The smallest absolute Gasteiger partial charge is 0.146 e. The maximum absolute atomic E-state index is 5.99. The monoisotopic (exact) mass is 291 g/mol. The van der Waals surface area contributed by atoms with Crippen LogP contribution in [-0.4, -0.2) is 6.04 Å². The second-order valence-corrected chi connectivity index (χ2v) is 5.63. The maximum atomic E-state index is 5.99. The van der Waals surface area contributed by atoms with Crippen molar-refractivity contribution in [2.24, 2.45) is 0 Å². The minimum Gasteiger partial charge on any atom is -0.486 e. The Morgan fingerprint density at radius 1 is 1.25 bits per heavy atom. The van der Waals surface area contributed by atoms with Crippen LogP contribution in [0.1, 0.15) is 29.9 Å². The van der Waals surface area contributed by atoms with Crippen LogP contribution in [0.15, 0.2) is 34.7 Å². The van der Waals surface area contributed by atoms with Gasteiger partial charge >= 0.3 is 0 Å². The highest BCUT2D eigenvalue weighted by molar-refractivity contribution is 6.31. The molecule has 3 nitrogen and oxygen atoms in total. The van der Waals surface area contributed by atoms with E-state index < -0.39 is 0 Å². The maximum Gasteiger partial charge on any atom is 0.146 e. The van der Waals surface area contributed by atoms with E-state index in [9.17, 15) is 0 Å². The van der Waals surface area contributed by atoms with Crippen molar-refractivity contribution in [1.82, 2.24) is 5.32 Å². The zero-order valence-electron chi connectivity index (χ0n) is 11.5. The first kappa shape index (κ1) is 13.5. The van der Waals surface area contributed by atoms with Gasteiger partial charge in [-0.3, -0.25) is 0 Å². The van der Waals surface area contributed by atoms with Gasteiger partial charge in [0.25, 0.3) is 0 Å². The second-order valence-electron chi connectivity index (χ2n) is 5.22. The lowest BCUT2D eigenvalue weighted by Crippen LogP contribution is -2.14. The molecule has 0 saturated heterocycles. The molecule has 2 aromatic rings. The van der Waals surface area contributed by atoms with E-state index in [1.807, 2.05) is 37.3 Å². The molecule has 1 aromatic heterocycles. The number of hydrogen-bond donors (Lipinski definition) is 1. The third kappa shape index (κ3) is 3.56. The zero-order valence-corrected chi connectivity index (χ0v) is 12.2. The van der Waals surface area contributed by atoms with Crippen molar-refractivity contribution in [3.8, 4) is 5.75 Å². The van der Waals surface area contributed by atoms with Gasteiger partial charge in [0.05, 0.1) is 6.54 Å². The summed E-state index contributed by atoms with van der Waals surface area (Å²) in [6.07, 6.45) is 2.57. The molecule has 1 N–H and O–H groups in total. The Labute approximate surface area is 123 Å². The van der Waals surface area contributed by atoms with Crippen LogP contribution in [0.2, 0.25) is 5.02 Å². The lowest BCUT2D eigenvalue weighted by molar-refractivity contribution is 0.265. The van der Waals surface area contributed by atoms with Crippen molar-refractivity contribution in [1.29, 1.82) is 0 Å². The highest BCUT2D eigenvalue weighted by Crippen LogP contribution is 2.22. The number of aryl methyl sites for hydroxylation is 1. The van der Waals surface area contributed by atoms with Crippen molar-refractivity contribution in [2.75, 3.05) is 0 Å². The third-order valence-electron chi connectivity index (χ3n) is 3.37. The minimum atomic E-state index is 0.435. The molecule has 0 atom stereocenters. The van der Waals surface area contributed by atoms with Crippen LogP contribution in [0, 0.1) is 6.92 Å². The number of hydrogen-bond acceptors (Lipinski definition) is 3. The van der Waals surface area contributed by atoms with Crippen molar-refractivity contribution in [3.63, 3.8) is 0 Å². The first-order chi connectivity index (χ1) is 9.70. The van der Waals surface area contributed by atoms with E-state index in [2.05, 4.69) is 5.32 Å². The molecular formula is C16H18ClNO2. The third-order valence-corrected chi connectivity index (χ3v) is 3.79. The van der Waals surface area contributed by atoms with Gasteiger partial charge in [0, 0.05) is 11.1 Å². The van der Waals surface area contributed by atoms with E-state index in [-0.39, 0.29) is 0 Å². The largest absolute Gasteiger partial charge is 0.486 e. The Balaban J connectivity index is 1.53. The molecule has 1 aliphatic rings. The van der Waals surface area contributed by atoms with Crippen LogP contribution in [0.5, 0.6) is 5.75 Å². The molecule has 0 spiro atoms. The second kappa shape index (κ2) is 5.90. The Morgan fingerprint density at radius 3 is 2.80 bits per heavy atom. The standard InChI is InChI=1S/C16H18ClNO2/c1-11-8-13(6-7-16(11)17)19-10-15-5-4-14(20-15)9-18-12-2-3-12/h4-8,12,18H,2-3,9-10H2,1H3. The van der Waals surface area contributed by atoms with Gasteiger partial charge in [-0.25, -0.2) is 0 Å². The van der Waals surface area contributed by atoms with Crippen molar-refractivity contribution >= 4 is 11.6 Å². The number of rotatable bonds is 6. The summed E-state index contributed by atoms with van der Waals surface area (Å²) in [5, 5.41) is 4.18. The van der Waals surface area contributed by atoms with E-state index >= 15 is 0 Å². The van der Waals surface area contributed by atoms with Gasteiger partial charge in [-0.2, -0.15) is 0 Å². The summed E-state index contributed by atoms with van der Waals surface area (Å²) in [5.41, 5.74) is 1.01. The molecule has 0 aliphatic heterocycles. The Hall–Kier alpha value is -1.45. The van der Waals surface area contributed by atoms with Gasteiger partial charge in [0.2, 0.25) is 0 Å². The highest BCUT2D eigenvalue weighted by Gasteiger charge is 2.20. The number of furan rings is 1. The average molecular weight is 292 g/mol. The fourth-order valence-corrected chi connectivity index (χ4v) is 2.11. The molecule has 1 fully saturated rings. The van der Waals surface area contributed by atoms with Crippen LogP contribution in [0.3, 0.4) is 0 Å². The van der Waals surface area contributed by atoms with E-state index in [1.165, 1.54) is 12.8 Å². The Bertz CT molecular complexity index is 590. The number of nitrogens with one attached hydrogen (secondary N) is 1. The van der Waals surface area contributed by atoms with Crippen molar-refractivity contribution in [3.05, 3.63) is 52.4 Å². The van der Waals surface area contributed by atoms with Crippen molar-refractivity contribution < 1.29 is 9.15 Å². The van der Waals surface area contributed by atoms with E-state index in [4.69, 9.17) is 20.8 Å². The summed E-state index contributed by atoms with van der Waals surface area (Å²) in [7, 11) is 0. The molecule has 1 heterocycles. The van der Waals surface area contributed by atoms with Crippen LogP contribution in [0.4, 0.5) is 0 Å². The lowest BCUT2D eigenvalue weighted by Gasteiger charge is -2.06. The molecule has 4 heteroatoms. The van der Waals surface area contributed by atoms with Gasteiger partial charge in [-0.1, -0.05) is 11.6 Å². The molecule has 1 aliphatic carbocycles. The van der Waals surface area contributed by atoms with E-state index in [1.54, 1.807) is 0 Å². The summed E-state index contributed by atoms with van der Waals surface area (Å²) < 4.78 is 11.4. The van der Waals surface area contributed by atoms with Gasteiger partial charge in [-0.15, -0.1) is 0 Å². The Kier molecular flexibility index (Phi) is 3.99. The topological polar surface area (TPSA) is 34.4 Å². The predicted molar refractivity (Wildman–Crippen MR) is 79.1 cm³/mol. The van der Waals surface area contributed by atoms with Gasteiger partial charge < -0.3 is 14.5 Å². The molecule has 106 valence electrons. The van der Waals surface area contributed by atoms with Crippen molar-refractivity contribution in [2.45, 2.75) is 39.0 Å². The molecule has 1 saturated carbocycles. The fourth-order valence-electron chi connectivity index (χ4n) is 1.99. The predicted octanol–water partition coefficient (Wildman–Crippen LogP) is 4.07. The van der Waals surface area contributed by atoms with Crippen LogP contribution in [0.25, 0.3) is 0 Å². The summed E-state index contributed by atoms with van der Waals surface area (Å²) >= 11 is 5.99. The Morgan fingerprint density at radius 2 is 2.05 bits per heavy atom. The average Bonchev–Trinajstić information content (AvgIpc) is 3.16. The first-order valence-electron chi connectivity index (χ1n) is 6.90. The molecule has 1 aromatic carbocycles. The minimum absolute atomic E-state index is 0.435. The summed E-state index contributed by atoms with van der Waals surface area (Å²) in [6, 6.07) is 10.3. The highest BCUT2D eigenvalue weighted by atomic mass is 35.5. The number of ether oxygens (including phenoxy) is 1. The SMILES string of the molecule is Cc1cc(OCc2ccc(CNC3CC3)o2)ccc1Cl. The fraction of sp³-hybridized carbons (Fsp3) is 0.375. The van der Waals surface area contributed by atoms with Gasteiger partial charge in [-0.05, 0) is 55.7 Å². The molecule has 3 rings (SSSR count). The van der Waals surface area contributed by atoms with E-state index in [0.717, 1.165) is 34.4 Å². The molecule has 0 radical (unpaired) electrons. The van der Waals surface area contributed by atoms with Gasteiger partial charge in [0.15, 0.2) is 0 Å².